The fraction of sp³-hybridized carbons (Fsp3) is 0.250. The molecule has 21 heavy (non-hydrogen) atoms. The lowest BCUT2D eigenvalue weighted by molar-refractivity contribution is 0.0760. The van der Waals surface area contributed by atoms with Crippen molar-refractivity contribution in [1.29, 1.82) is 0 Å². The predicted molar refractivity (Wildman–Crippen MR) is 83.2 cm³/mol. The summed E-state index contributed by atoms with van der Waals surface area (Å²) in [6, 6.07) is 11.7. The highest BCUT2D eigenvalue weighted by molar-refractivity contribution is 9.10. The first kappa shape index (κ1) is 13.0. The van der Waals surface area contributed by atoms with E-state index in [4.69, 9.17) is 0 Å². The molecule has 0 saturated heterocycles. The highest BCUT2D eigenvalue weighted by Gasteiger charge is 2.43. The topological polar surface area (TPSA) is 50.4 Å². The van der Waals surface area contributed by atoms with Gasteiger partial charge in [0.05, 0.1) is 5.69 Å². The molecule has 1 aromatic carbocycles. The molecule has 0 fully saturated rings. The summed E-state index contributed by atoms with van der Waals surface area (Å²) in [5.74, 6) is 0. The molecule has 0 aliphatic heterocycles. The lowest BCUT2D eigenvalue weighted by Crippen LogP contribution is -2.27. The van der Waals surface area contributed by atoms with Gasteiger partial charge >= 0.3 is 0 Å². The Balaban J connectivity index is 2.03. The van der Waals surface area contributed by atoms with E-state index in [1.54, 1.807) is 4.52 Å². The lowest BCUT2D eigenvalue weighted by Gasteiger charge is -2.25. The zero-order valence-corrected chi connectivity index (χ0v) is 13.1. The summed E-state index contributed by atoms with van der Waals surface area (Å²) in [6.45, 7) is 2.03. The SMILES string of the molecule is Cc1ccccc1C1(O)CCc2nc3ccc(Br)nn3c21. The van der Waals surface area contributed by atoms with E-state index in [0.717, 1.165) is 39.2 Å². The molecular formula is C16H14BrN3O. The van der Waals surface area contributed by atoms with Crippen LogP contribution in [0.5, 0.6) is 0 Å². The van der Waals surface area contributed by atoms with Gasteiger partial charge in [0.15, 0.2) is 5.65 Å². The molecule has 2 heterocycles. The van der Waals surface area contributed by atoms with Crippen LogP contribution in [-0.4, -0.2) is 19.7 Å². The van der Waals surface area contributed by atoms with Crippen molar-refractivity contribution in [3.05, 3.63) is 63.5 Å². The molecule has 1 atom stereocenters. The van der Waals surface area contributed by atoms with Gasteiger partial charge in [-0.1, -0.05) is 24.3 Å². The zero-order chi connectivity index (χ0) is 14.6. The largest absolute Gasteiger partial charge is 0.379 e. The molecule has 0 saturated carbocycles. The highest BCUT2D eigenvalue weighted by atomic mass is 79.9. The van der Waals surface area contributed by atoms with Crippen molar-refractivity contribution in [1.82, 2.24) is 14.6 Å². The lowest BCUT2D eigenvalue weighted by atomic mass is 9.88. The normalized spacial score (nSPS) is 20.9. The second kappa shape index (κ2) is 4.39. The Morgan fingerprint density at radius 1 is 1.24 bits per heavy atom. The van der Waals surface area contributed by atoms with Crippen molar-refractivity contribution in [3.63, 3.8) is 0 Å². The predicted octanol–water partition coefficient (Wildman–Crippen LogP) is 2.98. The first-order valence-corrected chi connectivity index (χ1v) is 7.72. The van der Waals surface area contributed by atoms with Crippen molar-refractivity contribution in [2.75, 3.05) is 0 Å². The highest BCUT2D eigenvalue weighted by Crippen LogP contribution is 2.43. The number of halogens is 1. The molecule has 0 spiro atoms. The molecular weight excluding hydrogens is 330 g/mol. The second-order valence-electron chi connectivity index (χ2n) is 5.51. The van der Waals surface area contributed by atoms with Crippen LogP contribution in [0.2, 0.25) is 0 Å². The number of rotatable bonds is 1. The fourth-order valence-corrected chi connectivity index (χ4v) is 3.55. The maximum absolute atomic E-state index is 11.4. The first-order valence-electron chi connectivity index (χ1n) is 6.93. The van der Waals surface area contributed by atoms with Gasteiger partial charge in [-0.15, -0.1) is 0 Å². The van der Waals surface area contributed by atoms with Crippen LogP contribution in [0.1, 0.15) is 28.9 Å². The Morgan fingerprint density at radius 2 is 2.05 bits per heavy atom. The van der Waals surface area contributed by atoms with Crippen molar-refractivity contribution in [3.8, 4) is 0 Å². The Bertz CT molecular complexity index is 858. The van der Waals surface area contributed by atoms with Crippen LogP contribution < -0.4 is 0 Å². The molecule has 4 nitrogen and oxygen atoms in total. The monoisotopic (exact) mass is 343 g/mol. The number of aryl methyl sites for hydroxylation is 2. The van der Waals surface area contributed by atoms with Crippen LogP contribution in [0.4, 0.5) is 0 Å². The number of hydrogen-bond donors (Lipinski definition) is 1. The molecule has 4 rings (SSSR count). The summed E-state index contributed by atoms with van der Waals surface area (Å²) in [6.07, 6.45) is 1.41. The molecule has 5 heteroatoms. The number of hydrogen-bond acceptors (Lipinski definition) is 3. The van der Waals surface area contributed by atoms with Gasteiger partial charge in [0.1, 0.15) is 15.9 Å². The summed E-state index contributed by atoms with van der Waals surface area (Å²) in [4.78, 5) is 4.60. The Hall–Kier alpha value is -1.72. The van der Waals surface area contributed by atoms with E-state index >= 15 is 0 Å². The van der Waals surface area contributed by atoms with E-state index < -0.39 is 5.60 Å². The fourth-order valence-electron chi connectivity index (χ4n) is 3.26. The van der Waals surface area contributed by atoms with Crippen molar-refractivity contribution >= 4 is 21.6 Å². The standard InChI is InChI=1S/C16H14BrN3O/c1-10-4-2-3-5-11(10)16(21)9-8-12-15(16)20-14(18-12)7-6-13(17)19-20/h2-7,21H,8-9H2,1H3. The van der Waals surface area contributed by atoms with Crippen LogP contribution in [0.3, 0.4) is 0 Å². The molecule has 2 aromatic heterocycles. The van der Waals surface area contributed by atoms with Gasteiger partial charge < -0.3 is 5.11 Å². The Morgan fingerprint density at radius 3 is 2.86 bits per heavy atom. The van der Waals surface area contributed by atoms with E-state index in [9.17, 15) is 5.11 Å². The molecule has 0 bridgehead atoms. The Kier molecular flexibility index (Phi) is 2.71. The number of aromatic nitrogens is 3. The number of fused-ring (bicyclic) bond motifs is 3. The van der Waals surface area contributed by atoms with Crippen LogP contribution in [-0.2, 0) is 12.0 Å². The second-order valence-corrected chi connectivity index (χ2v) is 6.32. The van der Waals surface area contributed by atoms with Crippen molar-refractivity contribution in [2.24, 2.45) is 0 Å². The molecule has 1 N–H and O–H groups in total. The van der Waals surface area contributed by atoms with Gasteiger partial charge in [0.25, 0.3) is 0 Å². The quantitative estimate of drug-likeness (QED) is 0.738. The van der Waals surface area contributed by atoms with E-state index in [1.165, 1.54) is 0 Å². The molecule has 1 aliphatic rings. The van der Waals surface area contributed by atoms with Gasteiger partial charge in [-0.05, 0) is 59.0 Å². The minimum absolute atomic E-state index is 0.645. The molecule has 0 amide bonds. The van der Waals surface area contributed by atoms with E-state index in [2.05, 4.69) is 26.0 Å². The van der Waals surface area contributed by atoms with Crippen LogP contribution >= 0.6 is 15.9 Å². The van der Waals surface area contributed by atoms with E-state index in [1.807, 2.05) is 43.3 Å². The average molecular weight is 344 g/mol. The van der Waals surface area contributed by atoms with Gasteiger partial charge in [-0.2, -0.15) is 5.10 Å². The average Bonchev–Trinajstić information content (AvgIpc) is 2.98. The van der Waals surface area contributed by atoms with Crippen LogP contribution in [0.25, 0.3) is 5.65 Å². The number of benzene rings is 1. The third-order valence-electron chi connectivity index (χ3n) is 4.22. The van der Waals surface area contributed by atoms with Crippen molar-refractivity contribution < 1.29 is 5.11 Å². The smallest absolute Gasteiger partial charge is 0.154 e. The third kappa shape index (κ3) is 1.77. The summed E-state index contributed by atoms with van der Waals surface area (Å²) in [5, 5.41) is 15.8. The zero-order valence-electron chi connectivity index (χ0n) is 11.5. The molecule has 3 aromatic rings. The summed E-state index contributed by atoms with van der Waals surface area (Å²) in [5.41, 5.74) is 3.51. The molecule has 106 valence electrons. The van der Waals surface area contributed by atoms with E-state index in [0.29, 0.717) is 6.42 Å². The van der Waals surface area contributed by atoms with E-state index in [-0.39, 0.29) is 0 Å². The van der Waals surface area contributed by atoms with Gasteiger partial charge in [-0.3, -0.25) is 0 Å². The number of nitrogens with zero attached hydrogens (tertiary/aromatic N) is 3. The maximum atomic E-state index is 11.4. The third-order valence-corrected chi connectivity index (χ3v) is 4.65. The first-order chi connectivity index (χ1) is 10.1. The van der Waals surface area contributed by atoms with Gasteiger partial charge in [0.2, 0.25) is 0 Å². The minimum Gasteiger partial charge on any atom is -0.379 e. The molecule has 1 aliphatic carbocycles. The van der Waals surface area contributed by atoms with Gasteiger partial charge in [-0.25, -0.2) is 9.50 Å². The molecule has 1 unspecified atom stereocenters. The summed E-state index contributed by atoms with van der Waals surface area (Å²) >= 11 is 3.39. The van der Waals surface area contributed by atoms with Crippen LogP contribution in [0, 0.1) is 6.92 Å². The summed E-state index contributed by atoms with van der Waals surface area (Å²) < 4.78 is 2.49. The number of imidazole rings is 1. The van der Waals surface area contributed by atoms with Crippen LogP contribution in [0.15, 0.2) is 41.0 Å². The Labute approximate surface area is 130 Å². The van der Waals surface area contributed by atoms with Crippen molar-refractivity contribution in [2.45, 2.75) is 25.4 Å². The van der Waals surface area contributed by atoms with Gasteiger partial charge in [0, 0.05) is 0 Å². The number of aliphatic hydroxyl groups is 1. The molecule has 0 radical (unpaired) electrons. The minimum atomic E-state index is -1.02. The summed E-state index contributed by atoms with van der Waals surface area (Å²) in [7, 11) is 0. The maximum Gasteiger partial charge on any atom is 0.154 e.